The molecule has 0 amide bonds. The van der Waals surface area contributed by atoms with E-state index in [9.17, 15) is 0 Å². The van der Waals surface area contributed by atoms with E-state index in [1.165, 1.54) is 43.7 Å². The fourth-order valence-corrected chi connectivity index (χ4v) is 8.54. The van der Waals surface area contributed by atoms with Crippen LogP contribution in [0.25, 0.3) is 110 Å². The minimum absolute atomic E-state index is 0.903. The third kappa shape index (κ3) is 3.81. The van der Waals surface area contributed by atoms with Crippen LogP contribution >= 0.6 is 0 Å². The standard InChI is InChI=1S/C48H28N2O2/c1-5-13-41-33(9-1)37-25-39-35-11-3-7-15-45(35)51-47(39)27-43(37)49(41)31-21-17-29(18-22-31)30-19-23-32(24-20-30)50-42-14-6-2-10-34(42)38-26-40-36-12-4-8-16-46(36)52-48(40)28-44(38)50/h1-28H. The number of rotatable bonds is 3. The van der Waals surface area contributed by atoms with Crippen molar-refractivity contribution in [3.05, 3.63) is 170 Å². The molecule has 4 nitrogen and oxygen atoms in total. The predicted octanol–water partition coefficient (Wildman–Crippen LogP) is 13.3. The molecular formula is C48H28N2O2. The Kier molecular flexibility index (Phi) is 5.47. The van der Waals surface area contributed by atoms with Crippen molar-refractivity contribution < 1.29 is 8.83 Å². The summed E-state index contributed by atoms with van der Waals surface area (Å²) in [6, 6.07) is 60.7. The average Bonchev–Trinajstić information content (AvgIpc) is 3.93. The van der Waals surface area contributed by atoms with E-state index >= 15 is 0 Å². The molecule has 8 aromatic carbocycles. The van der Waals surface area contributed by atoms with E-state index in [0.29, 0.717) is 0 Å². The van der Waals surface area contributed by atoms with Crippen molar-refractivity contribution in [1.29, 1.82) is 0 Å². The average molecular weight is 665 g/mol. The normalized spacial score (nSPS) is 12.2. The molecule has 0 radical (unpaired) electrons. The summed E-state index contributed by atoms with van der Waals surface area (Å²) in [5.41, 5.74) is 12.8. The Labute approximate surface area is 296 Å². The third-order valence-corrected chi connectivity index (χ3v) is 10.9. The molecule has 0 saturated heterocycles. The SMILES string of the molecule is c1ccc2c(c1)oc1cc3c(cc12)c1ccccc1n3-c1ccc(-c2ccc(-n3c4ccccc4c4cc5c(cc43)oc3ccccc35)cc2)cc1. The Morgan fingerprint density at radius 1 is 0.269 bits per heavy atom. The second-order valence-corrected chi connectivity index (χ2v) is 13.7. The van der Waals surface area contributed by atoms with Gasteiger partial charge in [-0.25, -0.2) is 0 Å². The van der Waals surface area contributed by atoms with E-state index in [0.717, 1.165) is 66.3 Å². The van der Waals surface area contributed by atoms with Crippen LogP contribution in [-0.4, -0.2) is 9.13 Å². The van der Waals surface area contributed by atoms with Crippen LogP contribution in [0.3, 0.4) is 0 Å². The molecule has 4 heteroatoms. The number of furan rings is 2. The van der Waals surface area contributed by atoms with Crippen molar-refractivity contribution in [3.8, 4) is 22.5 Å². The number of hydrogen-bond acceptors (Lipinski definition) is 2. The highest BCUT2D eigenvalue weighted by Gasteiger charge is 2.18. The molecule has 4 heterocycles. The third-order valence-electron chi connectivity index (χ3n) is 10.9. The van der Waals surface area contributed by atoms with E-state index in [-0.39, 0.29) is 0 Å². The number of para-hydroxylation sites is 4. The highest BCUT2D eigenvalue weighted by atomic mass is 16.3. The first-order valence-electron chi connectivity index (χ1n) is 17.7. The van der Waals surface area contributed by atoms with Crippen molar-refractivity contribution >= 4 is 87.5 Å². The van der Waals surface area contributed by atoms with Crippen LogP contribution in [-0.2, 0) is 0 Å². The zero-order valence-corrected chi connectivity index (χ0v) is 27.9. The molecule has 0 N–H and O–H groups in total. The van der Waals surface area contributed by atoms with E-state index < -0.39 is 0 Å². The highest BCUT2D eigenvalue weighted by Crippen LogP contribution is 2.40. The molecule has 0 spiro atoms. The van der Waals surface area contributed by atoms with Gasteiger partial charge in [-0.05, 0) is 71.8 Å². The minimum Gasteiger partial charge on any atom is -0.456 e. The maximum absolute atomic E-state index is 6.32. The highest BCUT2D eigenvalue weighted by molar-refractivity contribution is 6.18. The lowest BCUT2D eigenvalue weighted by Crippen LogP contribution is -1.94. The molecule has 0 atom stereocenters. The Balaban J connectivity index is 0.958. The summed E-state index contributed by atoms with van der Waals surface area (Å²) in [6.45, 7) is 0. The van der Waals surface area contributed by atoms with Gasteiger partial charge in [0, 0.05) is 66.6 Å². The molecule has 0 unspecified atom stereocenters. The summed E-state index contributed by atoms with van der Waals surface area (Å²) in [5, 5.41) is 9.50. The van der Waals surface area contributed by atoms with Gasteiger partial charge in [0.1, 0.15) is 22.3 Å². The van der Waals surface area contributed by atoms with E-state index in [4.69, 9.17) is 8.83 Å². The maximum atomic E-state index is 6.32. The molecular weight excluding hydrogens is 637 g/mol. The molecule has 0 bridgehead atoms. The van der Waals surface area contributed by atoms with E-state index in [1.54, 1.807) is 0 Å². The van der Waals surface area contributed by atoms with Crippen LogP contribution in [0.5, 0.6) is 0 Å². The van der Waals surface area contributed by atoms with Crippen molar-refractivity contribution in [3.63, 3.8) is 0 Å². The first-order chi connectivity index (χ1) is 25.8. The first-order valence-corrected chi connectivity index (χ1v) is 17.7. The quantitative estimate of drug-likeness (QED) is 0.188. The summed E-state index contributed by atoms with van der Waals surface area (Å²) in [4.78, 5) is 0. The lowest BCUT2D eigenvalue weighted by Gasteiger charge is -2.11. The smallest absolute Gasteiger partial charge is 0.137 e. The summed E-state index contributed by atoms with van der Waals surface area (Å²) in [6.07, 6.45) is 0. The number of fused-ring (bicyclic) bond motifs is 12. The molecule has 12 aromatic rings. The number of aromatic nitrogens is 2. The van der Waals surface area contributed by atoms with Gasteiger partial charge in [-0.3, -0.25) is 0 Å². The molecule has 0 aliphatic carbocycles. The Bertz CT molecular complexity index is 3160. The molecule has 0 aliphatic heterocycles. The van der Waals surface area contributed by atoms with E-state index in [2.05, 4.69) is 155 Å². The molecule has 0 aliphatic rings. The number of nitrogens with zero attached hydrogens (tertiary/aromatic N) is 2. The van der Waals surface area contributed by atoms with Gasteiger partial charge in [-0.15, -0.1) is 0 Å². The lowest BCUT2D eigenvalue weighted by molar-refractivity contribution is 0.669. The molecule has 52 heavy (non-hydrogen) atoms. The van der Waals surface area contributed by atoms with Crippen LogP contribution < -0.4 is 0 Å². The summed E-state index contributed by atoms with van der Waals surface area (Å²) in [7, 11) is 0. The van der Waals surface area contributed by atoms with Gasteiger partial charge in [-0.1, -0.05) is 97.1 Å². The molecule has 12 rings (SSSR count). The summed E-state index contributed by atoms with van der Waals surface area (Å²) in [5.74, 6) is 0. The van der Waals surface area contributed by atoms with Crippen LogP contribution in [0, 0.1) is 0 Å². The van der Waals surface area contributed by atoms with Gasteiger partial charge in [0.25, 0.3) is 0 Å². The summed E-state index contributed by atoms with van der Waals surface area (Å²) >= 11 is 0. The van der Waals surface area contributed by atoms with Crippen LogP contribution in [0.1, 0.15) is 0 Å². The van der Waals surface area contributed by atoms with Gasteiger partial charge in [0.15, 0.2) is 0 Å². The summed E-state index contributed by atoms with van der Waals surface area (Å²) < 4.78 is 17.3. The second-order valence-electron chi connectivity index (χ2n) is 13.7. The van der Waals surface area contributed by atoms with Gasteiger partial charge in [0.05, 0.1) is 22.1 Å². The van der Waals surface area contributed by atoms with Gasteiger partial charge in [0.2, 0.25) is 0 Å². The Hall–Kier alpha value is -7.04. The zero-order valence-electron chi connectivity index (χ0n) is 27.9. The van der Waals surface area contributed by atoms with Crippen molar-refractivity contribution in [2.45, 2.75) is 0 Å². The maximum Gasteiger partial charge on any atom is 0.137 e. The van der Waals surface area contributed by atoms with Crippen molar-refractivity contribution in [1.82, 2.24) is 9.13 Å². The lowest BCUT2D eigenvalue weighted by atomic mass is 10.0. The minimum atomic E-state index is 0.903. The topological polar surface area (TPSA) is 36.1 Å². The van der Waals surface area contributed by atoms with Crippen LogP contribution in [0.2, 0.25) is 0 Å². The molecule has 242 valence electrons. The fraction of sp³-hybridized carbons (Fsp3) is 0. The van der Waals surface area contributed by atoms with Crippen molar-refractivity contribution in [2.75, 3.05) is 0 Å². The second kappa shape index (κ2) is 10.3. The van der Waals surface area contributed by atoms with Crippen LogP contribution in [0.4, 0.5) is 0 Å². The molecule has 0 fully saturated rings. The monoisotopic (exact) mass is 664 g/mol. The predicted molar refractivity (Wildman–Crippen MR) is 215 cm³/mol. The molecule has 4 aromatic heterocycles. The zero-order chi connectivity index (χ0) is 33.9. The number of hydrogen-bond donors (Lipinski definition) is 0. The van der Waals surface area contributed by atoms with Crippen LogP contribution in [0.15, 0.2) is 179 Å². The number of benzene rings is 8. The van der Waals surface area contributed by atoms with E-state index in [1.807, 2.05) is 24.3 Å². The largest absolute Gasteiger partial charge is 0.456 e. The van der Waals surface area contributed by atoms with Gasteiger partial charge < -0.3 is 18.0 Å². The van der Waals surface area contributed by atoms with Gasteiger partial charge >= 0.3 is 0 Å². The molecule has 0 saturated carbocycles. The first kappa shape index (κ1) is 27.7. The Morgan fingerprint density at radius 3 is 1.10 bits per heavy atom. The Morgan fingerprint density at radius 2 is 0.654 bits per heavy atom. The fourth-order valence-electron chi connectivity index (χ4n) is 8.54. The van der Waals surface area contributed by atoms with Crippen molar-refractivity contribution in [2.24, 2.45) is 0 Å². The van der Waals surface area contributed by atoms with Gasteiger partial charge in [-0.2, -0.15) is 0 Å².